The van der Waals surface area contributed by atoms with Gasteiger partial charge in [0.05, 0.1) is 0 Å². The largest absolute Gasteiger partial charge is 0.479 e. The van der Waals surface area contributed by atoms with Crippen molar-refractivity contribution in [2.75, 3.05) is 0 Å². The Balaban J connectivity index is 0.00000144. The molecule has 1 aliphatic rings. The molecule has 0 bridgehead atoms. The zero-order chi connectivity index (χ0) is 11.5. The molecule has 2 atom stereocenters. The molecular weight excluding hydrogens is 248 g/mol. The van der Waals surface area contributed by atoms with Crippen LogP contribution in [0.3, 0.4) is 0 Å². The van der Waals surface area contributed by atoms with Gasteiger partial charge in [-0.1, -0.05) is 30.3 Å². The maximum absolute atomic E-state index is 11.3. The molecule has 0 aliphatic carbocycles. The molecular formula is C11H11ClO5. The quantitative estimate of drug-likeness (QED) is 0.644. The molecule has 0 amide bonds. The maximum atomic E-state index is 11.3. The molecule has 1 saturated heterocycles. The Labute approximate surface area is 104 Å². The average Bonchev–Trinajstić information content (AvgIpc) is 3.07. The summed E-state index contributed by atoms with van der Waals surface area (Å²) in [7, 11) is 0. The van der Waals surface area contributed by atoms with Crippen LogP contribution in [0.25, 0.3) is 0 Å². The van der Waals surface area contributed by atoms with Gasteiger partial charge in [-0.25, -0.2) is 9.59 Å². The number of carbonyl (C=O) groups excluding carboxylic acids is 1. The van der Waals surface area contributed by atoms with Crippen LogP contribution in [0.1, 0.15) is 5.56 Å². The number of ether oxygens (including phenoxy) is 2. The Morgan fingerprint density at radius 3 is 2.41 bits per heavy atom. The second kappa shape index (κ2) is 5.65. The first-order valence-electron chi connectivity index (χ1n) is 4.77. The van der Waals surface area contributed by atoms with Gasteiger partial charge in [0.25, 0.3) is 0 Å². The SMILES string of the molecule is Cl.O=C(O)C1OC1C(=O)OCc1ccccc1. The van der Waals surface area contributed by atoms with Crippen molar-refractivity contribution in [1.82, 2.24) is 0 Å². The summed E-state index contributed by atoms with van der Waals surface area (Å²) in [5, 5.41) is 8.53. The lowest BCUT2D eigenvalue weighted by molar-refractivity contribution is -0.147. The summed E-state index contributed by atoms with van der Waals surface area (Å²) in [6, 6.07) is 9.15. The monoisotopic (exact) mass is 258 g/mol. The number of benzene rings is 1. The van der Waals surface area contributed by atoms with Crippen molar-refractivity contribution < 1.29 is 24.2 Å². The Hall–Kier alpha value is -1.59. The van der Waals surface area contributed by atoms with E-state index >= 15 is 0 Å². The summed E-state index contributed by atoms with van der Waals surface area (Å²) in [5.41, 5.74) is 0.850. The van der Waals surface area contributed by atoms with E-state index in [1.165, 1.54) is 0 Å². The molecule has 0 saturated carbocycles. The van der Waals surface area contributed by atoms with Gasteiger partial charge in [-0.2, -0.15) is 0 Å². The summed E-state index contributed by atoms with van der Waals surface area (Å²) >= 11 is 0. The molecule has 1 N–H and O–H groups in total. The number of hydrogen-bond acceptors (Lipinski definition) is 4. The Morgan fingerprint density at radius 1 is 1.24 bits per heavy atom. The second-order valence-electron chi connectivity index (χ2n) is 3.41. The van der Waals surface area contributed by atoms with Crippen molar-refractivity contribution in [2.24, 2.45) is 0 Å². The Kier molecular flexibility index (Phi) is 4.48. The number of hydrogen-bond donors (Lipinski definition) is 1. The van der Waals surface area contributed by atoms with Gasteiger partial charge in [-0.3, -0.25) is 0 Å². The average molecular weight is 259 g/mol. The van der Waals surface area contributed by atoms with Crippen LogP contribution in [-0.4, -0.2) is 29.3 Å². The molecule has 1 heterocycles. The summed E-state index contributed by atoms with van der Waals surface area (Å²) in [5.74, 6) is -1.77. The predicted octanol–water partition coefficient (Wildman–Crippen LogP) is 1.00. The van der Waals surface area contributed by atoms with Gasteiger partial charge in [0.2, 0.25) is 0 Å². The summed E-state index contributed by atoms with van der Waals surface area (Å²) in [4.78, 5) is 21.7. The van der Waals surface area contributed by atoms with E-state index in [0.29, 0.717) is 0 Å². The normalized spacial score (nSPS) is 21.2. The van der Waals surface area contributed by atoms with E-state index in [-0.39, 0.29) is 19.0 Å². The molecule has 2 unspecified atom stereocenters. The first-order chi connectivity index (χ1) is 7.68. The van der Waals surface area contributed by atoms with Crippen LogP contribution in [0.15, 0.2) is 30.3 Å². The number of carboxylic acid groups (broad SMARTS) is 1. The van der Waals surface area contributed by atoms with Crippen LogP contribution in [-0.2, 0) is 25.7 Å². The Morgan fingerprint density at radius 2 is 1.88 bits per heavy atom. The standard InChI is InChI=1S/C11H10O5.ClH/c12-10(13)8-9(16-8)11(14)15-6-7-4-2-1-3-5-7;/h1-5,8-9H,6H2,(H,12,13);1H. The third-order valence-electron chi connectivity index (χ3n) is 2.19. The van der Waals surface area contributed by atoms with Gasteiger partial charge in [0, 0.05) is 0 Å². The first-order valence-corrected chi connectivity index (χ1v) is 4.77. The lowest BCUT2D eigenvalue weighted by Crippen LogP contribution is -2.18. The van der Waals surface area contributed by atoms with Gasteiger partial charge in [0.1, 0.15) is 6.61 Å². The highest BCUT2D eigenvalue weighted by Crippen LogP contribution is 2.23. The van der Waals surface area contributed by atoms with Crippen molar-refractivity contribution in [3.8, 4) is 0 Å². The molecule has 0 spiro atoms. The van der Waals surface area contributed by atoms with E-state index in [9.17, 15) is 9.59 Å². The van der Waals surface area contributed by atoms with E-state index in [0.717, 1.165) is 5.56 Å². The third-order valence-corrected chi connectivity index (χ3v) is 2.19. The number of rotatable bonds is 4. The van der Waals surface area contributed by atoms with Crippen molar-refractivity contribution in [3.05, 3.63) is 35.9 Å². The lowest BCUT2D eigenvalue weighted by Gasteiger charge is -2.02. The van der Waals surface area contributed by atoms with Crippen LogP contribution in [0.4, 0.5) is 0 Å². The molecule has 2 rings (SSSR count). The Bertz CT molecular complexity index is 406. The van der Waals surface area contributed by atoms with Gasteiger partial charge in [-0.05, 0) is 5.56 Å². The van der Waals surface area contributed by atoms with Crippen molar-refractivity contribution in [2.45, 2.75) is 18.8 Å². The van der Waals surface area contributed by atoms with Gasteiger partial charge >= 0.3 is 11.9 Å². The number of halogens is 1. The molecule has 5 nitrogen and oxygen atoms in total. The molecule has 1 aliphatic heterocycles. The fraction of sp³-hybridized carbons (Fsp3) is 0.273. The number of carbonyl (C=O) groups is 2. The van der Waals surface area contributed by atoms with Crippen LogP contribution in [0.5, 0.6) is 0 Å². The fourth-order valence-electron chi connectivity index (χ4n) is 1.29. The van der Waals surface area contributed by atoms with Crippen molar-refractivity contribution in [3.63, 3.8) is 0 Å². The van der Waals surface area contributed by atoms with E-state index in [1.54, 1.807) is 0 Å². The van der Waals surface area contributed by atoms with E-state index in [4.69, 9.17) is 9.84 Å². The van der Waals surface area contributed by atoms with Gasteiger partial charge in [0.15, 0.2) is 12.2 Å². The van der Waals surface area contributed by atoms with Crippen LogP contribution in [0, 0.1) is 0 Å². The lowest BCUT2D eigenvalue weighted by atomic mass is 10.2. The van der Waals surface area contributed by atoms with Gasteiger partial charge < -0.3 is 14.6 Å². The minimum absolute atomic E-state index is 0. The first kappa shape index (κ1) is 13.5. The molecule has 92 valence electrons. The third kappa shape index (κ3) is 3.44. The molecule has 1 fully saturated rings. The molecule has 17 heavy (non-hydrogen) atoms. The van der Waals surface area contributed by atoms with Crippen LogP contribution < -0.4 is 0 Å². The molecule has 1 aromatic rings. The molecule has 0 aromatic heterocycles. The highest BCUT2D eigenvalue weighted by atomic mass is 35.5. The number of aliphatic carboxylic acids is 1. The van der Waals surface area contributed by atoms with Gasteiger partial charge in [-0.15, -0.1) is 12.4 Å². The highest BCUT2D eigenvalue weighted by molar-refractivity contribution is 5.88. The van der Waals surface area contributed by atoms with E-state index in [1.807, 2.05) is 30.3 Å². The molecule has 0 radical (unpaired) electrons. The minimum Gasteiger partial charge on any atom is -0.479 e. The highest BCUT2D eigenvalue weighted by Gasteiger charge is 2.51. The number of epoxide rings is 1. The summed E-state index contributed by atoms with van der Waals surface area (Å²) < 4.78 is 9.56. The van der Waals surface area contributed by atoms with E-state index < -0.39 is 24.1 Å². The number of esters is 1. The predicted molar refractivity (Wildman–Crippen MR) is 59.8 cm³/mol. The zero-order valence-electron chi connectivity index (χ0n) is 8.74. The maximum Gasteiger partial charge on any atom is 0.339 e. The zero-order valence-corrected chi connectivity index (χ0v) is 9.55. The van der Waals surface area contributed by atoms with E-state index in [2.05, 4.69) is 4.74 Å². The van der Waals surface area contributed by atoms with Crippen molar-refractivity contribution in [1.29, 1.82) is 0 Å². The number of carboxylic acids is 1. The second-order valence-corrected chi connectivity index (χ2v) is 3.41. The summed E-state index contributed by atoms with van der Waals surface area (Å²) in [6.45, 7) is 0.131. The topological polar surface area (TPSA) is 76.1 Å². The molecule has 1 aromatic carbocycles. The molecule has 6 heteroatoms. The van der Waals surface area contributed by atoms with Crippen LogP contribution >= 0.6 is 12.4 Å². The summed E-state index contributed by atoms with van der Waals surface area (Å²) in [6.07, 6.45) is -1.98. The minimum atomic E-state index is -1.14. The van der Waals surface area contributed by atoms with Crippen molar-refractivity contribution >= 4 is 24.3 Å². The smallest absolute Gasteiger partial charge is 0.339 e. The fourth-order valence-corrected chi connectivity index (χ4v) is 1.29. The van der Waals surface area contributed by atoms with Crippen LogP contribution in [0.2, 0.25) is 0 Å².